The van der Waals surface area contributed by atoms with Crippen molar-refractivity contribution >= 4 is 11.3 Å². The number of nitrogens with zero attached hydrogens (tertiary/aromatic N) is 1. The number of nitrogens with one attached hydrogen (secondary N) is 1. The predicted octanol–water partition coefficient (Wildman–Crippen LogP) is 2.95. The lowest BCUT2D eigenvalue weighted by Gasteiger charge is -2.24. The van der Waals surface area contributed by atoms with Crippen LogP contribution >= 0.6 is 11.3 Å². The first-order valence-corrected chi connectivity index (χ1v) is 7.09. The molecular weight excluding hydrogens is 244 g/mol. The molecule has 0 saturated carbocycles. The second-order valence-electron chi connectivity index (χ2n) is 4.55. The number of furan rings is 1. The molecule has 3 nitrogen and oxygen atoms in total. The van der Waals surface area contributed by atoms with Crippen LogP contribution in [0.25, 0.3) is 0 Å². The van der Waals surface area contributed by atoms with Crippen molar-refractivity contribution in [1.29, 1.82) is 0 Å². The summed E-state index contributed by atoms with van der Waals surface area (Å²) in [5, 5.41) is 5.54. The van der Waals surface area contributed by atoms with E-state index in [1.165, 1.54) is 4.88 Å². The molecule has 0 saturated heterocycles. The molecule has 2 heterocycles. The topological polar surface area (TPSA) is 28.4 Å². The normalized spacial score (nSPS) is 13.1. The molecule has 18 heavy (non-hydrogen) atoms. The maximum Gasteiger partial charge on any atom is 0.117 e. The lowest BCUT2D eigenvalue weighted by Crippen LogP contribution is -2.37. The molecule has 1 atom stereocenters. The van der Waals surface area contributed by atoms with Crippen LogP contribution in [-0.4, -0.2) is 24.5 Å². The second-order valence-corrected chi connectivity index (χ2v) is 5.59. The van der Waals surface area contributed by atoms with Crippen LogP contribution < -0.4 is 5.32 Å². The van der Waals surface area contributed by atoms with Crippen LogP contribution in [0.5, 0.6) is 0 Å². The average molecular weight is 264 g/mol. The lowest BCUT2D eigenvalue weighted by molar-refractivity contribution is 0.243. The molecule has 0 aliphatic rings. The molecule has 2 rings (SSSR count). The van der Waals surface area contributed by atoms with Crippen molar-refractivity contribution < 1.29 is 4.42 Å². The predicted molar refractivity (Wildman–Crippen MR) is 75.7 cm³/mol. The number of likely N-dealkylation sites (N-methyl/N-ethyl adjacent to an activating group) is 1. The van der Waals surface area contributed by atoms with Gasteiger partial charge in [0.05, 0.1) is 12.8 Å². The molecular formula is C14H20N2OS. The van der Waals surface area contributed by atoms with E-state index in [9.17, 15) is 0 Å². The molecule has 4 heteroatoms. The Balaban J connectivity index is 1.69. The smallest absolute Gasteiger partial charge is 0.117 e. The number of rotatable bonds is 7. The average Bonchev–Trinajstić information content (AvgIpc) is 3.01. The molecule has 0 bridgehead atoms. The first-order valence-electron chi connectivity index (χ1n) is 6.21. The van der Waals surface area contributed by atoms with Gasteiger partial charge in [0.15, 0.2) is 0 Å². The van der Waals surface area contributed by atoms with E-state index in [0.717, 1.165) is 25.4 Å². The van der Waals surface area contributed by atoms with Crippen molar-refractivity contribution in [2.75, 3.05) is 13.6 Å². The molecule has 0 fully saturated rings. The van der Waals surface area contributed by atoms with Crippen LogP contribution in [0.3, 0.4) is 0 Å². The van der Waals surface area contributed by atoms with Crippen LogP contribution in [0.1, 0.15) is 17.6 Å². The molecule has 0 spiro atoms. The van der Waals surface area contributed by atoms with Gasteiger partial charge in [0, 0.05) is 24.0 Å². The Morgan fingerprint density at radius 1 is 1.39 bits per heavy atom. The zero-order chi connectivity index (χ0) is 12.8. The van der Waals surface area contributed by atoms with Crippen molar-refractivity contribution in [2.45, 2.75) is 26.1 Å². The van der Waals surface area contributed by atoms with E-state index in [2.05, 4.69) is 41.7 Å². The summed E-state index contributed by atoms with van der Waals surface area (Å²) in [6, 6.07) is 8.70. The van der Waals surface area contributed by atoms with Crippen molar-refractivity contribution in [3.05, 3.63) is 46.5 Å². The van der Waals surface area contributed by atoms with Gasteiger partial charge >= 0.3 is 0 Å². The summed E-state index contributed by atoms with van der Waals surface area (Å²) in [5.74, 6) is 0.989. The Morgan fingerprint density at radius 2 is 2.28 bits per heavy atom. The quantitative estimate of drug-likeness (QED) is 0.833. The van der Waals surface area contributed by atoms with Crippen molar-refractivity contribution in [1.82, 2.24) is 10.2 Å². The van der Waals surface area contributed by atoms with Gasteiger partial charge < -0.3 is 9.73 Å². The highest BCUT2D eigenvalue weighted by atomic mass is 32.1. The minimum Gasteiger partial charge on any atom is -0.468 e. The van der Waals surface area contributed by atoms with Gasteiger partial charge in [-0.25, -0.2) is 0 Å². The Bertz CT molecular complexity index is 425. The van der Waals surface area contributed by atoms with Gasteiger partial charge in [0.25, 0.3) is 0 Å². The molecule has 2 aromatic heterocycles. The zero-order valence-corrected chi connectivity index (χ0v) is 11.7. The molecule has 1 N–H and O–H groups in total. The number of hydrogen-bond acceptors (Lipinski definition) is 4. The summed E-state index contributed by atoms with van der Waals surface area (Å²) < 4.78 is 5.29. The van der Waals surface area contributed by atoms with Gasteiger partial charge in [0.1, 0.15) is 5.76 Å². The van der Waals surface area contributed by atoms with E-state index in [1.54, 1.807) is 6.26 Å². The summed E-state index contributed by atoms with van der Waals surface area (Å²) in [7, 11) is 2.17. The zero-order valence-electron chi connectivity index (χ0n) is 10.9. The van der Waals surface area contributed by atoms with Gasteiger partial charge in [-0.15, -0.1) is 11.3 Å². The third-order valence-corrected chi connectivity index (χ3v) is 3.92. The van der Waals surface area contributed by atoms with Gasteiger partial charge in [-0.3, -0.25) is 4.90 Å². The SMILES string of the molecule is CC(CNCc1ccco1)N(C)Cc1cccs1. The molecule has 0 aliphatic heterocycles. The summed E-state index contributed by atoms with van der Waals surface area (Å²) in [6.45, 7) is 5.01. The van der Waals surface area contributed by atoms with Gasteiger partial charge in [0.2, 0.25) is 0 Å². The minimum atomic E-state index is 0.502. The van der Waals surface area contributed by atoms with Crippen LogP contribution in [0.15, 0.2) is 40.3 Å². The fourth-order valence-electron chi connectivity index (χ4n) is 1.78. The Hall–Kier alpha value is -1.10. The van der Waals surface area contributed by atoms with E-state index in [1.807, 2.05) is 23.5 Å². The third kappa shape index (κ3) is 3.98. The fraction of sp³-hybridized carbons (Fsp3) is 0.429. The van der Waals surface area contributed by atoms with E-state index in [-0.39, 0.29) is 0 Å². The standard InChI is InChI=1S/C14H20N2OS/c1-12(9-15-10-13-5-3-7-17-13)16(2)11-14-6-4-8-18-14/h3-8,12,15H,9-11H2,1-2H3. The molecule has 0 aromatic carbocycles. The molecule has 98 valence electrons. The number of hydrogen-bond donors (Lipinski definition) is 1. The molecule has 0 amide bonds. The lowest BCUT2D eigenvalue weighted by atomic mass is 10.3. The van der Waals surface area contributed by atoms with E-state index in [0.29, 0.717) is 6.04 Å². The summed E-state index contributed by atoms with van der Waals surface area (Å²) in [5.41, 5.74) is 0. The Morgan fingerprint density at radius 3 is 2.94 bits per heavy atom. The largest absolute Gasteiger partial charge is 0.468 e. The molecule has 1 unspecified atom stereocenters. The second kappa shape index (κ2) is 6.73. The highest BCUT2D eigenvalue weighted by Gasteiger charge is 2.09. The van der Waals surface area contributed by atoms with Gasteiger partial charge in [-0.05, 0) is 37.6 Å². The van der Waals surface area contributed by atoms with Gasteiger partial charge in [-0.2, -0.15) is 0 Å². The summed E-state index contributed by atoms with van der Waals surface area (Å²) >= 11 is 1.81. The first-order chi connectivity index (χ1) is 8.75. The van der Waals surface area contributed by atoms with E-state index < -0.39 is 0 Å². The summed E-state index contributed by atoms with van der Waals surface area (Å²) in [4.78, 5) is 3.77. The Labute approximate surface area is 112 Å². The Kier molecular flexibility index (Phi) is 4.99. The maximum atomic E-state index is 5.29. The fourth-order valence-corrected chi connectivity index (χ4v) is 2.54. The van der Waals surface area contributed by atoms with Crippen molar-refractivity contribution in [3.8, 4) is 0 Å². The molecule has 2 aromatic rings. The van der Waals surface area contributed by atoms with Crippen LogP contribution in [0.2, 0.25) is 0 Å². The third-order valence-electron chi connectivity index (χ3n) is 3.06. The van der Waals surface area contributed by atoms with Gasteiger partial charge in [-0.1, -0.05) is 6.07 Å². The minimum absolute atomic E-state index is 0.502. The maximum absolute atomic E-state index is 5.29. The summed E-state index contributed by atoms with van der Waals surface area (Å²) in [6.07, 6.45) is 1.71. The van der Waals surface area contributed by atoms with Crippen molar-refractivity contribution in [2.24, 2.45) is 0 Å². The molecule has 0 radical (unpaired) electrons. The monoisotopic (exact) mass is 264 g/mol. The molecule has 0 aliphatic carbocycles. The van der Waals surface area contributed by atoms with Crippen LogP contribution in [0.4, 0.5) is 0 Å². The number of thiophene rings is 1. The van der Waals surface area contributed by atoms with E-state index >= 15 is 0 Å². The first kappa shape index (κ1) is 13.3. The van der Waals surface area contributed by atoms with E-state index in [4.69, 9.17) is 4.42 Å². The van der Waals surface area contributed by atoms with Crippen LogP contribution in [-0.2, 0) is 13.1 Å². The highest BCUT2D eigenvalue weighted by Crippen LogP contribution is 2.12. The highest BCUT2D eigenvalue weighted by molar-refractivity contribution is 7.09. The van der Waals surface area contributed by atoms with Crippen molar-refractivity contribution in [3.63, 3.8) is 0 Å². The van der Waals surface area contributed by atoms with Crippen LogP contribution in [0, 0.1) is 0 Å².